The number of carbonyl (C=O) groups is 1. The number of hydrogen-bond donors (Lipinski definition) is 1. The molecule has 1 saturated heterocycles. The number of ether oxygens (including phenoxy) is 2. The van der Waals surface area contributed by atoms with Crippen LogP contribution in [0.2, 0.25) is 0 Å². The van der Waals surface area contributed by atoms with Gasteiger partial charge in [-0.2, -0.15) is 0 Å². The van der Waals surface area contributed by atoms with Crippen molar-refractivity contribution in [1.82, 2.24) is 10.2 Å². The Balaban J connectivity index is 1.49. The van der Waals surface area contributed by atoms with Crippen molar-refractivity contribution < 1.29 is 23.0 Å². The first-order valence-electron chi connectivity index (χ1n) is 10.2. The fraction of sp³-hybridized carbons (Fsp3) is 0.435. The second-order valence-corrected chi connectivity index (χ2v) is 7.64. The predicted octanol–water partition coefficient (Wildman–Crippen LogP) is 3.53. The van der Waals surface area contributed by atoms with Gasteiger partial charge in [-0.1, -0.05) is 24.3 Å². The predicted molar refractivity (Wildman–Crippen MR) is 110 cm³/mol. The van der Waals surface area contributed by atoms with Crippen molar-refractivity contribution in [2.24, 2.45) is 0 Å². The van der Waals surface area contributed by atoms with E-state index in [1.165, 1.54) is 18.2 Å². The highest BCUT2D eigenvalue weighted by Gasteiger charge is 2.34. The van der Waals surface area contributed by atoms with Gasteiger partial charge in [0.2, 0.25) is 5.91 Å². The Morgan fingerprint density at radius 2 is 1.97 bits per heavy atom. The molecular weight excluding hydrogens is 390 g/mol. The molecule has 30 heavy (non-hydrogen) atoms. The van der Waals surface area contributed by atoms with Gasteiger partial charge in [-0.15, -0.1) is 0 Å². The van der Waals surface area contributed by atoms with E-state index in [4.69, 9.17) is 9.47 Å². The molecule has 1 aliphatic heterocycles. The van der Waals surface area contributed by atoms with Crippen LogP contribution in [-0.4, -0.2) is 49.8 Å². The smallest absolute Gasteiger partial charge is 0.234 e. The summed E-state index contributed by atoms with van der Waals surface area (Å²) < 4.78 is 38.6. The average molecular weight is 418 g/mol. The quantitative estimate of drug-likeness (QED) is 0.713. The van der Waals surface area contributed by atoms with Gasteiger partial charge < -0.3 is 14.8 Å². The summed E-state index contributed by atoms with van der Waals surface area (Å²) in [4.78, 5) is 14.4. The van der Waals surface area contributed by atoms with Crippen LogP contribution in [-0.2, 0) is 16.1 Å². The van der Waals surface area contributed by atoms with Crippen LogP contribution in [0.4, 0.5) is 8.78 Å². The first-order valence-corrected chi connectivity index (χ1v) is 10.2. The van der Waals surface area contributed by atoms with E-state index >= 15 is 0 Å². The minimum absolute atomic E-state index is 0.105. The highest BCUT2D eigenvalue weighted by molar-refractivity contribution is 5.78. The summed E-state index contributed by atoms with van der Waals surface area (Å²) in [6, 6.07) is 12.5. The number of nitrogens with one attached hydrogen (secondary N) is 1. The summed E-state index contributed by atoms with van der Waals surface area (Å²) in [6.07, 6.45) is 2.28. The number of hydrogen-bond acceptors (Lipinski definition) is 4. The van der Waals surface area contributed by atoms with E-state index in [-0.39, 0.29) is 30.6 Å². The van der Waals surface area contributed by atoms with Crippen molar-refractivity contribution in [2.45, 2.75) is 31.4 Å². The van der Waals surface area contributed by atoms with E-state index in [1.807, 2.05) is 0 Å². The van der Waals surface area contributed by atoms with E-state index in [9.17, 15) is 13.6 Å². The minimum atomic E-state index is -0.519. The van der Waals surface area contributed by atoms with Gasteiger partial charge in [0, 0.05) is 20.2 Å². The number of halogens is 2. The maximum absolute atomic E-state index is 13.8. The molecule has 1 amide bonds. The Morgan fingerprint density at radius 3 is 2.73 bits per heavy atom. The van der Waals surface area contributed by atoms with Crippen LogP contribution in [0.15, 0.2) is 48.5 Å². The fourth-order valence-corrected chi connectivity index (χ4v) is 3.67. The number of benzene rings is 2. The molecule has 1 fully saturated rings. The Kier molecular flexibility index (Phi) is 7.76. The maximum atomic E-state index is 13.8. The van der Waals surface area contributed by atoms with Gasteiger partial charge in [-0.3, -0.25) is 9.69 Å². The topological polar surface area (TPSA) is 50.8 Å². The molecule has 1 aliphatic rings. The van der Waals surface area contributed by atoms with Crippen LogP contribution in [0.3, 0.4) is 0 Å². The van der Waals surface area contributed by atoms with Gasteiger partial charge in [0.25, 0.3) is 0 Å². The number of methoxy groups -OCH3 is 1. The van der Waals surface area contributed by atoms with E-state index in [2.05, 4.69) is 10.2 Å². The summed E-state index contributed by atoms with van der Waals surface area (Å²) in [5, 5.41) is 2.84. The highest BCUT2D eigenvalue weighted by atomic mass is 19.1. The second-order valence-electron chi connectivity index (χ2n) is 7.64. The zero-order valence-corrected chi connectivity index (χ0v) is 17.2. The van der Waals surface area contributed by atoms with Crippen molar-refractivity contribution in [3.8, 4) is 5.75 Å². The molecule has 0 radical (unpaired) electrons. The van der Waals surface area contributed by atoms with Crippen LogP contribution >= 0.6 is 0 Å². The van der Waals surface area contributed by atoms with Crippen molar-refractivity contribution in [3.05, 3.63) is 65.7 Å². The van der Waals surface area contributed by atoms with Crippen LogP contribution in [0.1, 0.15) is 24.8 Å². The Bertz CT molecular complexity index is 849. The molecule has 162 valence electrons. The summed E-state index contributed by atoms with van der Waals surface area (Å²) in [7, 11) is 1.64. The van der Waals surface area contributed by atoms with Gasteiger partial charge in [0.05, 0.1) is 6.54 Å². The summed E-state index contributed by atoms with van der Waals surface area (Å²) in [6.45, 7) is 2.25. The Morgan fingerprint density at radius 1 is 1.13 bits per heavy atom. The lowest BCUT2D eigenvalue weighted by atomic mass is 9.95. The maximum Gasteiger partial charge on any atom is 0.234 e. The molecule has 2 aromatic rings. The molecular formula is C23H28F2N2O3. The van der Waals surface area contributed by atoms with Crippen LogP contribution in [0.25, 0.3) is 0 Å². The van der Waals surface area contributed by atoms with Crippen molar-refractivity contribution in [2.75, 3.05) is 33.4 Å². The van der Waals surface area contributed by atoms with E-state index < -0.39 is 11.4 Å². The summed E-state index contributed by atoms with van der Waals surface area (Å²) in [5.41, 5.74) is 0.206. The SMILES string of the molecule is CO[C@@]1(COc2ccccc2F)CCCN(CC(=O)NCc2cccc(F)c2)CC1. The number of para-hydroxylation sites is 1. The molecule has 0 unspecified atom stereocenters. The molecule has 2 aromatic carbocycles. The van der Waals surface area contributed by atoms with Gasteiger partial charge >= 0.3 is 0 Å². The molecule has 1 N–H and O–H groups in total. The lowest BCUT2D eigenvalue weighted by Gasteiger charge is -2.31. The van der Waals surface area contributed by atoms with E-state index in [0.717, 1.165) is 24.9 Å². The van der Waals surface area contributed by atoms with Gasteiger partial charge in [-0.05, 0) is 55.6 Å². The van der Waals surface area contributed by atoms with Gasteiger partial charge in [0.1, 0.15) is 18.0 Å². The molecule has 0 aromatic heterocycles. The first kappa shape index (κ1) is 22.2. The normalized spacial score (nSPS) is 19.8. The third-order valence-electron chi connectivity index (χ3n) is 5.50. The Hall–Kier alpha value is -2.51. The molecule has 0 saturated carbocycles. The minimum Gasteiger partial charge on any atom is -0.488 e. The number of amides is 1. The third-order valence-corrected chi connectivity index (χ3v) is 5.50. The number of likely N-dealkylation sites (tertiary alicyclic amines) is 1. The highest BCUT2D eigenvalue weighted by Crippen LogP contribution is 2.28. The number of rotatable bonds is 8. The lowest BCUT2D eigenvalue weighted by Crippen LogP contribution is -2.41. The van der Waals surface area contributed by atoms with Crippen LogP contribution in [0, 0.1) is 11.6 Å². The molecule has 0 spiro atoms. The van der Waals surface area contributed by atoms with Crippen molar-refractivity contribution in [3.63, 3.8) is 0 Å². The van der Waals surface area contributed by atoms with E-state index in [0.29, 0.717) is 19.5 Å². The second kappa shape index (κ2) is 10.5. The lowest BCUT2D eigenvalue weighted by molar-refractivity contribution is -0.122. The van der Waals surface area contributed by atoms with Crippen LogP contribution < -0.4 is 10.1 Å². The van der Waals surface area contributed by atoms with Crippen LogP contribution in [0.5, 0.6) is 5.75 Å². The number of nitrogens with zero attached hydrogens (tertiary/aromatic N) is 1. The largest absolute Gasteiger partial charge is 0.488 e. The van der Waals surface area contributed by atoms with Crippen molar-refractivity contribution in [1.29, 1.82) is 0 Å². The van der Waals surface area contributed by atoms with Crippen molar-refractivity contribution >= 4 is 5.91 Å². The molecule has 0 bridgehead atoms. The standard InChI is InChI=1S/C23H28F2N2O3/c1-29-23(17-30-21-9-3-2-8-20(21)25)10-5-12-27(13-11-23)16-22(28)26-15-18-6-4-7-19(24)14-18/h2-4,6-9,14H,5,10-13,15-17H2,1H3,(H,26,28)/t23-/m0/s1. The zero-order chi connectivity index (χ0) is 21.4. The molecule has 7 heteroatoms. The molecule has 1 heterocycles. The number of carbonyl (C=O) groups excluding carboxylic acids is 1. The molecule has 1 atom stereocenters. The first-order chi connectivity index (χ1) is 14.5. The Labute approximate surface area is 176 Å². The monoisotopic (exact) mass is 418 g/mol. The third kappa shape index (κ3) is 6.24. The van der Waals surface area contributed by atoms with Gasteiger partial charge in [0.15, 0.2) is 11.6 Å². The molecule has 3 rings (SSSR count). The molecule has 0 aliphatic carbocycles. The summed E-state index contributed by atoms with van der Waals surface area (Å²) in [5.74, 6) is -0.602. The van der Waals surface area contributed by atoms with E-state index in [1.54, 1.807) is 37.4 Å². The average Bonchev–Trinajstić information content (AvgIpc) is 2.94. The zero-order valence-electron chi connectivity index (χ0n) is 17.2. The van der Waals surface area contributed by atoms with Gasteiger partial charge in [-0.25, -0.2) is 8.78 Å². The fourth-order valence-electron chi connectivity index (χ4n) is 3.67. The molecule has 5 nitrogen and oxygen atoms in total. The summed E-state index contributed by atoms with van der Waals surface area (Å²) >= 11 is 0.